The summed E-state index contributed by atoms with van der Waals surface area (Å²) in [6.07, 6.45) is 3.44. The number of pyridine rings is 2. The Morgan fingerprint density at radius 1 is 1.00 bits per heavy atom. The van der Waals surface area contributed by atoms with Crippen molar-refractivity contribution in [1.82, 2.24) is 20.6 Å². The van der Waals surface area contributed by atoms with Gasteiger partial charge in [-0.05, 0) is 35.4 Å². The van der Waals surface area contributed by atoms with Crippen LogP contribution in [-0.2, 0) is 17.8 Å². The van der Waals surface area contributed by atoms with Gasteiger partial charge in [-0.2, -0.15) is 0 Å². The van der Waals surface area contributed by atoms with Gasteiger partial charge in [-0.1, -0.05) is 12.1 Å². The maximum absolute atomic E-state index is 12.2. The largest absolute Gasteiger partial charge is 0.497 e. The van der Waals surface area contributed by atoms with Crippen molar-refractivity contribution >= 4 is 11.8 Å². The van der Waals surface area contributed by atoms with E-state index >= 15 is 0 Å². The first kappa shape index (κ1) is 22.3. The van der Waals surface area contributed by atoms with E-state index in [9.17, 15) is 4.79 Å². The second-order valence-electron chi connectivity index (χ2n) is 7.44. The van der Waals surface area contributed by atoms with E-state index in [2.05, 4.69) is 25.5 Å². The van der Waals surface area contributed by atoms with Crippen molar-refractivity contribution in [2.45, 2.75) is 13.1 Å². The summed E-state index contributed by atoms with van der Waals surface area (Å²) < 4.78 is 16.3. The van der Waals surface area contributed by atoms with Gasteiger partial charge in [-0.15, -0.1) is 0 Å². The molecule has 9 heteroatoms. The van der Waals surface area contributed by atoms with Crippen molar-refractivity contribution in [3.05, 3.63) is 72.1 Å². The number of ether oxygens (including phenoxy) is 3. The van der Waals surface area contributed by atoms with Crippen LogP contribution in [-0.4, -0.2) is 49.4 Å². The van der Waals surface area contributed by atoms with Crippen LogP contribution < -0.4 is 25.0 Å². The molecule has 0 spiro atoms. The molecular weight excluding hydrogens is 422 g/mol. The number of anilines is 1. The SMILES string of the molecule is COc1cccc(Oc2ccc(CNC(=O)NCc3ccnc(N4CCOCC4)c3)cn2)c1. The highest BCUT2D eigenvalue weighted by Gasteiger charge is 2.12. The second-order valence-corrected chi connectivity index (χ2v) is 7.44. The van der Waals surface area contributed by atoms with Crippen molar-refractivity contribution in [3.63, 3.8) is 0 Å². The Morgan fingerprint density at radius 3 is 2.55 bits per heavy atom. The standard InChI is InChI=1S/C24H27N5O4/c1-31-20-3-2-4-21(14-20)33-23-6-5-19(16-26-23)17-28-24(30)27-15-18-7-8-25-22(13-18)29-9-11-32-12-10-29/h2-8,13-14,16H,9-12,15,17H2,1H3,(H2,27,28,30). The Labute approximate surface area is 192 Å². The maximum Gasteiger partial charge on any atom is 0.315 e. The van der Waals surface area contributed by atoms with Gasteiger partial charge in [0.25, 0.3) is 0 Å². The number of carbonyl (C=O) groups excluding carboxylic acids is 1. The highest BCUT2D eigenvalue weighted by molar-refractivity contribution is 5.73. The molecule has 33 heavy (non-hydrogen) atoms. The summed E-state index contributed by atoms with van der Waals surface area (Å²) in [5.74, 6) is 2.72. The first-order valence-corrected chi connectivity index (χ1v) is 10.8. The lowest BCUT2D eigenvalue weighted by molar-refractivity contribution is 0.122. The number of nitrogens with one attached hydrogen (secondary N) is 2. The predicted octanol–water partition coefficient (Wildman–Crippen LogP) is 3.11. The van der Waals surface area contributed by atoms with E-state index in [-0.39, 0.29) is 6.03 Å². The molecule has 2 aromatic heterocycles. The molecule has 4 rings (SSSR count). The van der Waals surface area contributed by atoms with E-state index in [0.717, 1.165) is 30.0 Å². The van der Waals surface area contributed by atoms with Crippen molar-refractivity contribution in [2.75, 3.05) is 38.3 Å². The van der Waals surface area contributed by atoms with Gasteiger partial charge < -0.3 is 29.7 Å². The van der Waals surface area contributed by atoms with Crippen LogP contribution >= 0.6 is 0 Å². The molecule has 0 saturated carbocycles. The zero-order chi connectivity index (χ0) is 22.9. The molecule has 1 saturated heterocycles. The molecule has 0 unspecified atom stereocenters. The van der Waals surface area contributed by atoms with Crippen molar-refractivity contribution < 1.29 is 19.0 Å². The smallest absolute Gasteiger partial charge is 0.315 e. The molecule has 2 N–H and O–H groups in total. The molecule has 1 aliphatic rings. The van der Waals surface area contributed by atoms with Crippen LogP contribution in [0.2, 0.25) is 0 Å². The zero-order valence-electron chi connectivity index (χ0n) is 18.5. The monoisotopic (exact) mass is 449 g/mol. The average molecular weight is 450 g/mol. The lowest BCUT2D eigenvalue weighted by Gasteiger charge is -2.28. The summed E-state index contributed by atoms with van der Waals surface area (Å²) in [6.45, 7) is 3.82. The average Bonchev–Trinajstić information content (AvgIpc) is 2.88. The first-order valence-electron chi connectivity index (χ1n) is 10.8. The minimum Gasteiger partial charge on any atom is -0.497 e. The molecular formula is C24H27N5O4. The van der Waals surface area contributed by atoms with E-state index < -0.39 is 0 Å². The fourth-order valence-electron chi connectivity index (χ4n) is 3.32. The normalized spacial score (nSPS) is 13.3. The number of rotatable bonds is 8. The second kappa shape index (κ2) is 11.1. The number of carbonyl (C=O) groups is 1. The van der Waals surface area contributed by atoms with Crippen LogP contribution in [0, 0.1) is 0 Å². The lowest BCUT2D eigenvalue weighted by Crippen LogP contribution is -2.37. The lowest BCUT2D eigenvalue weighted by atomic mass is 10.2. The fraction of sp³-hybridized carbons (Fsp3) is 0.292. The number of amides is 2. The molecule has 1 aromatic carbocycles. The minimum atomic E-state index is -0.253. The van der Waals surface area contributed by atoms with Gasteiger partial charge in [-0.3, -0.25) is 0 Å². The Hall–Kier alpha value is -3.85. The van der Waals surface area contributed by atoms with E-state index in [1.54, 1.807) is 31.6 Å². The van der Waals surface area contributed by atoms with E-state index in [1.807, 2.05) is 36.4 Å². The highest BCUT2D eigenvalue weighted by Crippen LogP contribution is 2.23. The van der Waals surface area contributed by atoms with Crippen molar-refractivity contribution in [1.29, 1.82) is 0 Å². The van der Waals surface area contributed by atoms with Crippen LogP contribution in [0.4, 0.5) is 10.6 Å². The van der Waals surface area contributed by atoms with Gasteiger partial charge in [0.1, 0.15) is 17.3 Å². The van der Waals surface area contributed by atoms with Crippen molar-refractivity contribution in [2.24, 2.45) is 0 Å². The predicted molar refractivity (Wildman–Crippen MR) is 124 cm³/mol. The van der Waals surface area contributed by atoms with E-state index in [1.165, 1.54) is 0 Å². The molecule has 9 nitrogen and oxygen atoms in total. The summed E-state index contributed by atoms with van der Waals surface area (Å²) in [5.41, 5.74) is 1.85. The van der Waals surface area contributed by atoms with Gasteiger partial charge in [0.2, 0.25) is 5.88 Å². The number of aromatic nitrogens is 2. The van der Waals surface area contributed by atoms with Crippen LogP contribution in [0.5, 0.6) is 17.4 Å². The molecule has 1 aliphatic heterocycles. The third kappa shape index (κ3) is 6.56. The van der Waals surface area contributed by atoms with Gasteiger partial charge >= 0.3 is 6.03 Å². The molecule has 0 radical (unpaired) electrons. The number of hydrogen-bond donors (Lipinski definition) is 2. The van der Waals surface area contributed by atoms with Crippen molar-refractivity contribution in [3.8, 4) is 17.4 Å². The van der Waals surface area contributed by atoms with E-state index in [4.69, 9.17) is 14.2 Å². The Morgan fingerprint density at radius 2 is 1.79 bits per heavy atom. The van der Waals surface area contributed by atoms with Crippen LogP contribution in [0.25, 0.3) is 0 Å². The quantitative estimate of drug-likeness (QED) is 0.545. The topological polar surface area (TPSA) is 97.8 Å². The van der Waals surface area contributed by atoms with Gasteiger partial charge in [-0.25, -0.2) is 14.8 Å². The number of benzene rings is 1. The number of methoxy groups -OCH3 is 1. The Bertz CT molecular complexity index is 1050. The third-order valence-corrected chi connectivity index (χ3v) is 5.11. The fourth-order valence-corrected chi connectivity index (χ4v) is 3.32. The number of urea groups is 1. The Kier molecular flexibility index (Phi) is 7.55. The summed E-state index contributed by atoms with van der Waals surface area (Å²) in [4.78, 5) is 23.1. The summed E-state index contributed by atoms with van der Waals surface area (Å²) >= 11 is 0. The molecule has 3 aromatic rings. The number of morpholine rings is 1. The van der Waals surface area contributed by atoms with Crippen LogP contribution in [0.15, 0.2) is 60.9 Å². The summed E-state index contributed by atoms with van der Waals surface area (Å²) in [7, 11) is 1.61. The number of nitrogens with zero attached hydrogens (tertiary/aromatic N) is 3. The van der Waals surface area contributed by atoms with Crippen LogP contribution in [0.3, 0.4) is 0 Å². The summed E-state index contributed by atoms with van der Waals surface area (Å²) in [6, 6.07) is 14.6. The minimum absolute atomic E-state index is 0.253. The Balaban J connectivity index is 1.23. The molecule has 0 atom stereocenters. The van der Waals surface area contributed by atoms with Gasteiger partial charge in [0.15, 0.2) is 0 Å². The molecule has 2 amide bonds. The molecule has 172 valence electrons. The van der Waals surface area contributed by atoms with Gasteiger partial charge in [0, 0.05) is 50.7 Å². The summed E-state index contributed by atoms with van der Waals surface area (Å²) in [5, 5.41) is 5.72. The van der Waals surface area contributed by atoms with Gasteiger partial charge in [0.05, 0.1) is 20.3 Å². The molecule has 0 aliphatic carbocycles. The molecule has 1 fully saturated rings. The molecule has 3 heterocycles. The first-order chi connectivity index (χ1) is 16.2. The highest BCUT2D eigenvalue weighted by atomic mass is 16.5. The van der Waals surface area contributed by atoms with E-state index in [0.29, 0.717) is 43.7 Å². The maximum atomic E-state index is 12.2. The molecule has 0 bridgehead atoms. The zero-order valence-corrected chi connectivity index (χ0v) is 18.5. The third-order valence-electron chi connectivity index (χ3n) is 5.11. The van der Waals surface area contributed by atoms with Crippen LogP contribution in [0.1, 0.15) is 11.1 Å². The number of hydrogen-bond acceptors (Lipinski definition) is 7.